The van der Waals surface area contributed by atoms with Gasteiger partial charge in [-0.25, -0.2) is 4.79 Å². The Morgan fingerprint density at radius 1 is 0.952 bits per heavy atom. The molecule has 1 aliphatic rings. The quantitative estimate of drug-likeness (QED) is 0.789. The maximum Gasteiger partial charge on any atom is 0.331 e. The van der Waals surface area contributed by atoms with E-state index in [1.807, 2.05) is 13.8 Å². The molecule has 1 N–H and O–H groups in total. The van der Waals surface area contributed by atoms with Crippen molar-refractivity contribution in [1.29, 1.82) is 0 Å². The number of hydrogen-bond acceptors (Lipinski definition) is 3. The van der Waals surface area contributed by atoms with Crippen LogP contribution in [-0.4, -0.2) is 58.9 Å². The standard InChI is InChI=1S/C15H24N2O4/c1-10(2)9-13(18)16-5-7-17(8-6-16)14(19)11(3)12(4)15(20)21/h10H,5-9H2,1-4H3,(H,20,21). The maximum atomic E-state index is 12.2. The smallest absolute Gasteiger partial charge is 0.331 e. The minimum absolute atomic E-state index is 0.0679. The Bertz CT molecular complexity index is 460. The number of nitrogens with zero attached hydrogens (tertiary/aromatic N) is 2. The van der Waals surface area contributed by atoms with Crippen molar-refractivity contribution in [3.05, 3.63) is 11.1 Å². The van der Waals surface area contributed by atoms with Crippen LogP contribution < -0.4 is 0 Å². The first kappa shape index (κ1) is 17.2. The van der Waals surface area contributed by atoms with Crippen LogP contribution >= 0.6 is 0 Å². The summed E-state index contributed by atoms with van der Waals surface area (Å²) in [5.41, 5.74) is 0.322. The Balaban J connectivity index is 2.61. The first-order chi connectivity index (χ1) is 9.73. The van der Waals surface area contributed by atoms with Crippen LogP contribution in [0.4, 0.5) is 0 Å². The Morgan fingerprint density at radius 3 is 1.86 bits per heavy atom. The molecule has 2 amide bonds. The van der Waals surface area contributed by atoms with E-state index >= 15 is 0 Å². The first-order valence-corrected chi connectivity index (χ1v) is 7.21. The summed E-state index contributed by atoms with van der Waals surface area (Å²) in [4.78, 5) is 38.4. The van der Waals surface area contributed by atoms with Gasteiger partial charge in [-0.2, -0.15) is 0 Å². The van der Waals surface area contributed by atoms with Crippen LogP contribution in [0.2, 0.25) is 0 Å². The zero-order valence-electron chi connectivity index (χ0n) is 13.2. The molecule has 0 spiro atoms. The largest absolute Gasteiger partial charge is 0.478 e. The van der Waals surface area contributed by atoms with E-state index in [-0.39, 0.29) is 23.0 Å². The second-order valence-corrected chi connectivity index (χ2v) is 5.83. The number of carbonyl (C=O) groups is 3. The van der Waals surface area contributed by atoms with E-state index in [4.69, 9.17) is 5.11 Å². The molecule has 1 heterocycles. The van der Waals surface area contributed by atoms with Gasteiger partial charge in [0.1, 0.15) is 0 Å². The summed E-state index contributed by atoms with van der Waals surface area (Å²) in [5, 5.41) is 8.92. The highest BCUT2D eigenvalue weighted by Crippen LogP contribution is 2.12. The predicted molar refractivity (Wildman–Crippen MR) is 78.6 cm³/mol. The molecule has 0 radical (unpaired) electrons. The number of rotatable bonds is 4. The first-order valence-electron chi connectivity index (χ1n) is 7.21. The van der Waals surface area contributed by atoms with Gasteiger partial charge >= 0.3 is 5.97 Å². The van der Waals surface area contributed by atoms with E-state index in [1.54, 1.807) is 9.80 Å². The number of carboxylic acid groups (broad SMARTS) is 1. The van der Waals surface area contributed by atoms with Crippen molar-refractivity contribution in [3.63, 3.8) is 0 Å². The molecule has 1 rings (SSSR count). The third-order valence-electron chi connectivity index (χ3n) is 3.71. The van der Waals surface area contributed by atoms with Crippen LogP contribution in [0.25, 0.3) is 0 Å². The molecule has 0 aromatic carbocycles. The minimum atomic E-state index is -1.08. The monoisotopic (exact) mass is 296 g/mol. The lowest BCUT2D eigenvalue weighted by Gasteiger charge is -2.35. The number of hydrogen-bond donors (Lipinski definition) is 1. The summed E-state index contributed by atoms with van der Waals surface area (Å²) < 4.78 is 0. The zero-order valence-corrected chi connectivity index (χ0v) is 13.2. The molecule has 0 aliphatic carbocycles. The van der Waals surface area contributed by atoms with Crippen LogP contribution in [0.5, 0.6) is 0 Å². The molecule has 21 heavy (non-hydrogen) atoms. The van der Waals surface area contributed by atoms with Gasteiger partial charge in [0.15, 0.2) is 0 Å². The Morgan fingerprint density at radius 2 is 1.43 bits per heavy atom. The molecule has 6 heteroatoms. The third kappa shape index (κ3) is 4.58. The summed E-state index contributed by atoms with van der Waals surface area (Å²) in [6.45, 7) is 8.88. The van der Waals surface area contributed by atoms with Crippen LogP contribution in [-0.2, 0) is 14.4 Å². The predicted octanol–water partition coefficient (Wildman–Crippen LogP) is 1.12. The summed E-state index contributed by atoms with van der Waals surface area (Å²) in [6.07, 6.45) is 0.519. The van der Waals surface area contributed by atoms with Crippen LogP contribution in [0.1, 0.15) is 34.1 Å². The molecule has 6 nitrogen and oxygen atoms in total. The van der Waals surface area contributed by atoms with Gasteiger partial charge in [-0.3, -0.25) is 9.59 Å². The Hall–Kier alpha value is -1.85. The van der Waals surface area contributed by atoms with Gasteiger partial charge in [0.2, 0.25) is 11.8 Å². The summed E-state index contributed by atoms with van der Waals surface area (Å²) in [5.74, 6) is -0.899. The van der Waals surface area contributed by atoms with Crippen LogP contribution in [0.3, 0.4) is 0 Å². The number of carboxylic acids is 1. The van der Waals surface area contributed by atoms with Gasteiger partial charge in [-0.15, -0.1) is 0 Å². The third-order valence-corrected chi connectivity index (χ3v) is 3.71. The van der Waals surface area contributed by atoms with Crippen molar-refractivity contribution in [2.45, 2.75) is 34.1 Å². The molecule has 0 unspecified atom stereocenters. The Kier molecular flexibility index (Phi) is 5.93. The maximum absolute atomic E-state index is 12.2. The van der Waals surface area contributed by atoms with Crippen molar-refractivity contribution in [2.24, 2.45) is 5.92 Å². The average Bonchev–Trinajstić information content (AvgIpc) is 2.44. The van der Waals surface area contributed by atoms with Crippen molar-refractivity contribution < 1.29 is 19.5 Å². The summed E-state index contributed by atoms with van der Waals surface area (Å²) >= 11 is 0. The van der Waals surface area contributed by atoms with Crippen LogP contribution in [0.15, 0.2) is 11.1 Å². The van der Waals surface area contributed by atoms with Crippen molar-refractivity contribution in [2.75, 3.05) is 26.2 Å². The fraction of sp³-hybridized carbons (Fsp3) is 0.667. The molecule has 1 fully saturated rings. The summed E-state index contributed by atoms with van der Waals surface area (Å²) in [7, 11) is 0. The summed E-state index contributed by atoms with van der Waals surface area (Å²) in [6, 6.07) is 0. The average molecular weight is 296 g/mol. The normalized spacial score (nSPS) is 16.8. The van der Waals surface area contributed by atoms with E-state index in [1.165, 1.54) is 13.8 Å². The highest BCUT2D eigenvalue weighted by atomic mass is 16.4. The topological polar surface area (TPSA) is 77.9 Å². The van der Waals surface area contributed by atoms with E-state index in [0.717, 1.165) is 0 Å². The van der Waals surface area contributed by atoms with Gasteiger partial charge in [-0.1, -0.05) is 13.8 Å². The molecular formula is C15H24N2O4. The fourth-order valence-electron chi connectivity index (χ4n) is 2.20. The molecule has 1 aliphatic heterocycles. The number of aliphatic carboxylic acids is 1. The van der Waals surface area contributed by atoms with Crippen molar-refractivity contribution in [3.8, 4) is 0 Å². The van der Waals surface area contributed by atoms with E-state index < -0.39 is 5.97 Å². The van der Waals surface area contributed by atoms with Gasteiger partial charge in [-0.05, 0) is 19.8 Å². The molecule has 0 saturated carbocycles. The van der Waals surface area contributed by atoms with Gasteiger partial charge < -0.3 is 14.9 Å². The zero-order chi connectivity index (χ0) is 16.2. The molecule has 0 aromatic heterocycles. The molecule has 0 bridgehead atoms. The minimum Gasteiger partial charge on any atom is -0.478 e. The van der Waals surface area contributed by atoms with Crippen molar-refractivity contribution in [1.82, 2.24) is 9.80 Å². The van der Waals surface area contributed by atoms with E-state index in [9.17, 15) is 14.4 Å². The van der Waals surface area contributed by atoms with E-state index in [0.29, 0.717) is 38.5 Å². The van der Waals surface area contributed by atoms with Crippen molar-refractivity contribution >= 4 is 17.8 Å². The number of amides is 2. The highest BCUT2D eigenvalue weighted by molar-refractivity contribution is 6.01. The van der Waals surface area contributed by atoms with Gasteiger partial charge in [0, 0.05) is 43.7 Å². The highest BCUT2D eigenvalue weighted by Gasteiger charge is 2.26. The lowest BCUT2D eigenvalue weighted by atomic mass is 10.1. The molecule has 0 aromatic rings. The van der Waals surface area contributed by atoms with Gasteiger partial charge in [0.05, 0.1) is 0 Å². The molecular weight excluding hydrogens is 272 g/mol. The molecule has 118 valence electrons. The number of piperazine rings is 1. The SMILES string of the molecule is CC(C(=O)O)=C(C)C(=O)N1CCN(C(=O)CC(C)C)CC1. The lowest BCUT2D eigenvalue weighted by molar-refractivity contribution is -0.138. The molecule has 0 atom stereocenters. The van der Waals surface area contributed by atoms with E-state index in [2.05, 4.69) is 0 Å². The lowest BCUT2D eigenvalue weighted by Crippen LogP contribution is -2.51. The second-order valence-electron chi connectivity index (χ2n) is 5.83. The second kappa shape index (κ2) is 7.24. The molecule has 1 saturated heterocycles. The van der Waals surface area contributed by atoms with Gasteiger partial charge in [0.25, 0.3) is 0 Å². The fourth-order valence-corrected chi connectivity index (χ4v) is 2.20. The Labute approximate surface area is 125 Å². The van der Waals surface area contributed by atoms with Crippen LogP contribution in [0, 0.1) is 5.92 Å². The number of carbonyl (C=O) groups excluding carboxylic acids is 2.